The molecule has 0 saturated heterocycles. The summed E-state index contributed by atoms with van der Waals surface area (Å²) in [7, 11) is 1.93. The maximum Gasteiger partial charge on any atom is 0.211 e. The third-order valence-electron chi connectivity index (χ3n) is 3.95. The Morgan fingerprint density at radius 3 is 2.11 bits per heavy atom. The second kappa shape index (κ2) is 10.2. The molecule has 0 unspecified atom stereocenters. The summed E-state index contributed by atoms with van der Waals surface area (Å²) in [5.41, 5.74) is 10.5. The second-order valence-corrected chi connectivity index (χ2v) is 7.12. The molecule has 0 radical (unpaired) electrons. The number of anilines is 3. The highest BCUT2D eigenvalue weighted by Crippen LogP contribution is 2.22. The van der Waals surface area contributed by atoms with Crippen LogP contribution in [0, 0.1) is 12.3 Å². The highest BCUT2D eigenvalue weighted by molar-refractivity contribution is 5.72. The quantitative estimate of drug-likeness (QED) is 0.365. The van der Waals surface area contributed by atoms with E-state index in [1.807, 2.05) is 40.0 Å². The summed E-state index contributed by atoms with van der Waals surface area (Å²) < 4.78 is 0. The fraction of sp³-hybridized carbons (Fsp3) is 0.286. The standard InChI is InChI=1S/C13H20N4O.C8H11N/c1-13(2,3)12(14)8-17(15)11-6-4-10(5-7-11)16-9-18;1-7-5-3-4-6-8(7)9-2/h4-9H,14-15H2,1-3H3,(H,16,18);3-6,9H,1-2H3/b12-8-;. The van der Waals surface area contributed by atoms with E-state index in [-0.39, 0.29) is 5.41 Å². The van der Waals surface area contributed by atoms with Crippen LogP contribution in [0.1, 0.15) is 26.3 Å². The van der Waals surface area contributed by atoms with Crippen LogP contribution in [0.4, 0.5) is 17.1 Å². The molecule has 2 aromatic carbocycles. The van der Waals surface area contributed by atoms with Gasteiger partial charge in [-0.3, -0.25) is 9.80 Å². The molecule has 0 aromatic heterocycles. The summed E-state index contributed by atoms with van der Waals surface area (Å²) in [6.07, 6.45) is 2.33. The van der Waals surface area contributed by atoms with Crippen LogP contribution in [0.5, 0.6) is 0 Å². The molecule has 0 saturated carbocycles. The van der Waals surface area contributed by atoms with Crippen molar-refractivity contribution in [1.82, 2.24) is 0 Å². The predicted octanol–water partition coefficient (Wildman–Crippen LogP) is 3.82. The van der Waals surface area contributed by atoms with Gasteiger partial charge in [0, 0.05) is 35.7 Å². The van der Waals surface area contributed by atoms with Gasteiger partial charge in [-0.25, -0.2) is 5.84 Å². The van der Waals surface area contributed by atoms with Gasteiger partial charge >= 0.3 is 0 Å². The number of rotatable bonds is 5. The number of carbonyl (C=O) groups is 1. The molecule has 0 atom stereocenters. The molecule has 0 aliphatic rings. The summed E-state index contributed by atoms with van der Waals surface area (Å²) in [6, 6.07) is 15.4. The molecule has 6 nitrogen and oxygen atoms in total. The van der Waals surface area contributed by atoms with Crippen LogP contribution >= 0.6 is 0 Å². The number of hydrazine groups is 1. The van der Waals surface area contributed by atoms with Crippen molar-refractivity contribution in [2.75, 3.05) is 22.7 Å². The number of amides is 1. The Morgan fingerprint density at radius 2 is 1.67 bits per heavy atom. The number of nitrogens with zero attached hydrogens (tertiary/aromatic N) is 1. The van der Waals surface area contributed by atoms with Crippen LogP contribution in [0.15, 0.2) is 60.4 Å². The Kier molecular flexibility index (Phi) is 8.35. The van der Waals surface area contributed by atoms with Gasteiger partial charge in [-0.15, -0.1) is 0 Å². The third-order valence-corrected chi connectivity index (χ3v) is 3.95. The van der Waals surface area contributed by atoms with E-state index in [0.29, 0.717) is 12.1 Å². The van der Waals surface area contributed by atoms with Crippen molar-refractivity contribution in [1.29, 1.82) is 0 Å². The largest absolute Gasteiger partial charge is 0.400 e. The summed E-state index contributed by atoms with van der Waals surface area (Å²) in [5, 5.41) is 7.12. The second-order valence-electron chi connectivity index (χ2n) is 7.12. The monoisotopic (exact) mass is 369 g/mol. The van der Waals surface area contributed by atoms with Crippen molar-refractivity contribution in [3.63, 3.8) is 0 Å². The highest BCUT2D eigenvalue weighted by atomic mass is 16.1. The Labute approximate surface area is 162 Å². The Hall–Kier alpha value is -2.99. The zero-order valence-electron chi connectivity index (χ0n) is 16.8. The van der Waals surface area contributed by atoms with Crippen LogP contribution in [0.2, 0.25) is 0 Å². The van der Waals surface area contributed by atoms with Gasteiger partial charge in [0.2, 0.25) is 6.41 Å². The maximum absolute atomic E-state index is 10.3. The van der Waals surface area contributed by atoms with E-state index in [1.54, 1.807) is 30.5 Å². The average Bonchev–Trinajstić information content (AvgIpc) is 2.62. The van der Waals surface area contributed by atoms with Crippen LogP contribution in [-0.4, -0.2) is 13.5 Å². The molecule has 6 N–H and O–H groups in total. The zero-order chi connectivity index (χ0) is 20.4. The lowest BCUT2D eigenvalue weighted by Crippen LogP contribution is -2.29. The van der Waals surface area contributed by atoms with E-state index < -0.39 is 0 Å². The molecule has 1 amide bonds. The average molecular weight is 370 g/mol. The number of carbonyl (C=O) groups excluding carboxylic acids is 1. The molecule has 0 heterocycles. The summed E-state index contributed by atoms with van der Waals surface area (Å²) >= 11 is 0. The lowest BCUT2D eigenvalue weighted by Gasteiger charge is -2.22. The lowest BCUT2D eigenvalue weighted by molar-refractivity contribution is -0.105. The molecule has 0 aliphatic carbocycles. The van der Waals surface area contributed by atoms with Crippen molar-refractivity contribution in [3.05, 3.63) is 66.0 Å². The Balaban J connectivity index is 0.000000337. The highest BCUT2D eigenvalue weighted by Gasteiger charge is 2.14. The first kappa shape index (κ1) is 22.1. The van der Waals surface area contributed by atoms with Gasteiger partial charge < -0.3 is 16.4 Å². The minimum Gasteiger partial charge on any atom is -0.400 e. The first-order chi connectivity index (χ1) is 12.7. The number of aryl methyl sites for hydroxylation is 1. The topological polar surface area (TPSA) is 96.4 Å². The number of benzene rings is 2. The SMILES string of the molecule is CC(C)(C)/C(N)=C/N(N)c1ccc(NC=O)cc1.CNc1ccccc1C. The minimum absolute atomic E-state index is 0.128. The van der Waals surface area contributed by atoms with Gasteiger partial charge in [-0.2, -0.15) is 0 Å². The zero-order valence-corrected chi connectivity index (χ0v) is 16.8. The van der Waals surface area contributed by atoms with E-state index in [0.717, 1.165) is 11.4 Å². The van der Waals surface area contributed by atoms with Gasteiger partial charge in [-0.05, 0) is 42.8 Å². The summed E-state index contributed by atoms with van der Waals surface area (Å²) in [5.74, 6) is 5.90. The summed E-state index contributed by atoms with van der Waals surface area (Å²) in [4.78, 5) is 10.3. The smallest absolute Gasteiger partial charge is 0.211 e. The number of para-hydroxylation sites is 1. The van der Waals surface area contributed by atoms with E-state index >= 15 is 0 Å². The van der Waals surface area contributed by atoms with E-state index in [9.17, 15) is 4.79 Å². The molecule has 2 aromatic rings. The molecule has 2 rings (SSSR count). The molecular formula is C21H31N5O. The molecular weight excluding hydrogens is 338 g/mol. The third kappa shape index (κ3) is 7.42. The predicted molar refractivity (Wildman–Crippen MR) is 115 cm³/mol. The lowest BCUT2D eigenvalue weighted by atomic mass is 9.93. The van der Waals surface area contributed by atoms with Crippen molar-refractivity contribution in [2.24, 2.45) is 17.0 Å². The first-order valence-electron chi connectivity index (χ1n) is 8.74. The van der Waals surface area contributed by atoms with Crippen LogP contribution < -0.4 is 27.2 Å². The van der Waals surface area contributed by atoms with Gasteiger partial charge in [0.1, 0.15) is 0 Å². The molecule has 6 heteroatoms. The number of hydrogen-bond donors (Lipinski definition) is 4. The van der Waals surface area contributed by atoms with E-state index in [1.165, 1.54) is 16.3 Å². The number of nitrogens with one attached hydrogen (secondary N) is 2. The van der Waals surface area contributed by atoms with E-state index in [2.05, 4.69) is 29.7 Å². The summed E-state index contributed by atoms with van der Waals surface area (Å²) in [6.45, 7) is 8.14. The number of nitrogens with two attached hydrogens (primary N) is 2. The van der Waals surface area contributed by atoms with E-state index in [4.69, 9.17) is 11.6 Å². The Morgan fingerprint density at radius 1 is 1.07 bits per heavy atom. The molecule has 0 fully saturated rings. The Bertz CT molecular complexity index is 748. The minimum atomic E-state index is -0.128. The van der Waals surface area contributed by atoms with Crippen LogP contribution in [0.25, 0.3) is 0 Å². The fourth-order valence-corrected chi connectivity index (χ4v) is 2.07. The number of allylic oxidation sites excluding steroid dienone is 1. The maximum atomic E-state index is 10.3. The van der Waals surface area contributed by atoms with Gasteiger partial charge in [0.05, 0.1) is 5.69 Å². The van der Waals surface area contributed by atoms with Crippen LogP contribution in [0.3, 0.4) is 0 Å². The fourth-order valence-electron chi connectivity index (χ4n) is 2.07. The molecule has 27 heavy (non-hydrogen) atoms. The van der Waals surface area contributed by atoms with Crippen molar-refractivity contribution >= 4 is 23.5 Å². The number of hydrogen-bond acceptors (Lipinski definition) is 5. The first-order valence-corrected chi connectivity index (χ1v) is 8.74. The van der Waals surface area contributed by atoms with Crippen LogP contribution in [-0.2, 0) is 4.79 Å². The molecule has 0 bridgehead atoms. The van der Waals surface area contributed by atoms with Gasteiger partial charge in [-0.1, -0.05) is 39.0 Å². The van der Waals surface area contributed by atoms with Gasteiger partial charge in [0.15, 0.2) is 0 Å². The van der Waals surface area contributed by atoms with Crippen molar-refractivity contribution < 1.29 is 4.79 Å². The van der Waals surface area contributed by atoms with Crippen molar-refractivity contribution in [2.45, 2.75) is 27.7 Å². The van der Waals surface area contributed by atoms with Crippen molar-refractivity contribution in [3.8, 4) is 0 Å². The van der Waals surface area contributed by atoms with Gasteiger partial charge in [0.25, 0.3) is 0 Å². The normalized spacial score (nSPS) is 11.1. The molecule has 0 spiro atoms. The molecule has 146 valence electrons. The molecule has 0 aliphatic heterocycles.